The number of aliphatic hydroxyl groups excluding tert-OH is 1. The summed E-state index contributed by atoms with van der Waals surface area (Å²) < 4.78 is 5.74. The van der Waals surface area contributed by atoms with E-state index in [1.165, 1.54) is 18.4 Å². The summed E-state index contributed by atoms with van der Waals surface area (Å²) in [5, 5.41) is 10.3. The van der Waals surface area contributed by atoms with Gasteiger partial charge in [-0.15, -0.1) is 0 Å². The highest BCUT2D eigenvalue weighted by molar-refractivity contribution is 5.79. The summed E-state index contributed by atoms with van der Waals surface area (Å²) in [6, 6.07) is 8.02. The Kier molecular flexibility index (Phi) is 6.92. The second-order valence-electron chi connectivity index (χ2n) is 7.57. The first-order chi connectivity index (χ1) is 12.7. The molecule has 144 valence electrons. The smallest absolute Gasteiger partial charge is 0.225 e. The normalized spacial score (nSPS) is 20.3. The van der Waals surface area contributed by atoms with Gasteiger partial charge < -0.3 is 14.7 Å². The van der Waals surface area contributed by atoms with Gasteiger partial charge in [0.2, 0.25) is 5.91 Å². The maximum absolute atomic E-state index is 12.5. The number of ether oxygens (including phenoxy) is 1. The highest BCUT2D eigenvalue weighted by Gasteiger charge is 2.29. The van der Waals surface area contributed by atoms with E-state index < -0.39 is 6.10 Å². The van der Waals surface area contributed by atoms with Crippen molar-refractivity contribution in [2.75, 3.05) is 39.3 Å². The van der Waals surface area contributed by atoms with E-state index in [2.05, 4.69) is 17.9 Å². The molecule has 1 aromatic carbocycles. The number of aliphatic hydroxyl groups is 1. The van der Waals surface area contributed by atoms with Gasteiger partial charge in [0.15, 0.2) is 0 Å². The molecule has 0 radical (unpaired) electrons. The zero-order valence-electron chi connectivity index (χ0n) is 15.9. The summed E-state index contributed by atoms with van der Waals surface area (Å²) in [4.78, 5) is 16.7. The molecule has 1 aromatic rings. The van der Waals surface area contributed by atoms with E-state index >= 15 is 0 Å². The SMILES string of the molecule is CCc1cccc(OCC(O)CN2CCN(C(=O)C3CCCC3)CC2)c1. The van der Waals surface area contributed by atoms with Gasteiger partial charge in [0.1, 0.15) is 18.5 Å². The maximum atomic E-state index is 12.5. The molecule has 1 N–H and O–H groups in total. The Balaban J connectivity index is 1.37. The fourth-order valence-corrected chi connectivity index (χ4v) is 3.98. The van der Waals surface area contributed by atoms with Gasteiger partial charge in [0.25, 0.3) is 0 Å². The average Bonchev–Trinajstić information content (AvgIpc) is 3.21. The average molecular weight is 360 g/mol. The van der Waals surface area contributed by atoms with Gasteiger partial charge in [0, 0.05) is 38.6 Å². The number of nitrogens with zero attached hydrogens (tertiary/aromatic N) is 2. The summed E-state index contributed by atoms with van der Waals surface area (Å²) >= 11 is 0. The van der Waals surface area contributed by atoms with Crippen LogP contribution in [0.15, 0.2) is 24.3 Å². The quantitative estimate of drug-likeness (QED) is 0.811. The number of piperazine rings is 1. The van der Waals surface area contributed by atoms with Crippen molar-refractivity contribution in [1.82, 2.24) is 9.80 Å². The number of hydrogen-bond donors (Lipinski definition) is 1. The van der Waals surface area contributed by atoms with Crippen molar-refractivity contribution in [2.24, 2.45) is 5.92 Å². The van der Waals surface area contributed by atoms with Gasteiger partial charge in [-0.05, 0) is 37.0 Å². The molecule has 1 aliphatic carbocycles. The maximum Gasteiger partial charge on any atom is 0.225 e. The van der Waals surface area contributed by atoms with Crippen LogP contribution in [-0.4, -0.2) is 66.2 Å². The van der Waals surface area contributed by atoms with E-state index in [4.69, 9.17) is 4.74 Å². The van der Waals surface area contributed by atoms with Crippen LogP contribution in [0.1, 0.15) is 38.2 Å². The number of carbonyl (C=O) groups excluding carboxylic acids is 1. The molecule has 0 spiro atoms. The summed E-state index contributed by atoms with van der Waals surface area (Å²) in [5.41, 5.74) is 1.24. The summed E-state index contributed by atoms with van der Waals surface area (Å²) in [7, 11) is 0. The molecule has 5 heteroatoms. The molecule has 1 aliphatic heterocycles. The first-order valence-electron chi connectivity index (χ1n) is 10.1. The van der Waals surface area contributed by atoms with Crippen LogP contribution in [0, 0.1) is 5.92 Å². The number of hydrogen-bond acceptors (Lipinski definition) is 4. The van der Waals surface area contributed by atoms with Crippen molar-refractivity contribution in [1.29, 1.82) is 0 Å². The summed E-state index contributed by atoms with van der Waals surface area (Å²) in [6.07, 6.45) is 4.98. The lowest BCUT2D eigenvalue weighted by atomic mass is 10.1. The fourth-order valence-electron chi connectivity index (χ4n) is 3.98. The minimum Gasteiger partial charge on any atom is -0.491 e. The van der Waals surface area contributed by atoms with Crippen LogP contribution in [0.5, 0.6) is 5.75 Å². The van der Waals surface area contributed by atoms with Gasteiger partial charge in [-0.25, -0.2) is 0 Å². The number of amides is 1. The second kappa shape index (κ2) is 9.38. The molecular formula is C21H32N2O3. The first kappa shape index (κ1) is 19.2. The molecule has 26 heavy (non-hydrogen) atoms. The van der Waals surface area contributed by atoms with Gasteiger partial charge in [-0.3, -0.25) is 9.69 Å². The van der Waals surface area contributed by atoms with E-state index in [9.17, 15) is 9.90 Å². The van der Waals surface area contributed by atoms with Crippen LogP contribution in [0.3, 0.4) is 0 Å². The lowest BCUT2D eigenvalue weighted by Gasteiger charge is -2.36. The van der Waals surface area contributed by atoms with Crippen molar-refractivity contribution >= 4 is 5.91 Å². The molecule has 1 amide bonds. The van der Waals surface area contributed by atoms with E-state index in [1.807, 2.05) is 23.1 Å². The fraction of sp³-hybridized carbons (Fsp3) is 0.667. The topological polar surface area (TPSA) is 53.0 Å². The van der Waals surface area contributed by atoms with Crippen LogP contribution in [-0.2, 0) is 11.2 Å². The molecule has 1 saturated carbocycles. The Bertz CT molecular complexity index is 578. The molecular weight excluding hydrogens is 328 g/mol. The van der Waals surface area contributed by atoms with Crippen LogP contribution >= 0.6 is 0 Å². The zero-order valence-corrected chi connectivity index (χ0v) is 15.9. The van der Waals surface area contributed by atoms with E-state index in [-0.39, 0.29) is 5.92 Å². The van der Waals surface area contributed by atoms with E-state index in [0.717, 1.165) is 51.2 Å². The Labute approximate surface area is 156 Å². The highest BCUT2D eigenvalue weighted by Crippen LogP contribution is 2.27. The Hall–Kier alpha value is -1.59. The van der Waals surface area contributed by atoms with Gasteiger partial charge in [-0.1, -0.05) is 31.9 Å². The minimum absolute atomic E-state index is 0.263. The number of benzene rings is 1. The Morgan fingerprint density at radius 2 is 1.96 bits per heavy atom. The van der Waals surface area contributed by atoms with Crippen LogP contribution in [0.4, 0.5) is 0 Å². The molecule has 5 nitrogen and oxygen atoms in total. The Morgan fingerprint density at radius 1 is 1.23 bits per heavy atom. The van der Waals surface area contributed by atoms with Crippen molar-refractivity contribution in [2.45, 2.75) is 45.1 Å². The predicted octanol–water partition coefficient (Wildman–Crippen LogP) is 2.32. The predicted molar refractivity (Wildman–Crippen MR) is 102 cm³/mol. The van der Waals surface area contributed by atoms with Crippen LogP contribution in [0.25, 0.3) is 0 Å². The first-order valence-corrected chi connectivity index (χ1v) is 10.1. The molecule has 0 bridgehead atoms. The monoisotopic (exact) mass is 360 g/mol. The van der Waals surface area contributed by atoms with Gasteiger partial charge in [-0.2, -0.15) is 0 Å². The van der Waals surface area contributed by atoms with Crippen LogP contribution in [0.2, 0.25) is 0 Å². The molecule has 1 saturated heterocycles. The van der Waals surface area contributed by atoms with Gasteiger partial charge >= 0.3 is 0 Å². The molecule has 1 unspecified atom stereocenters. The minimum atomic E-state index is -0.516. The summed E-state index contributed by atoms with van der Waals surface area (Å²) in [6.45, 7) is 6.24. The second-order valence-corrected chi connectivity index (χ2v) is 7.57. The third kappa shape index (κ3) is 5.21. The van der Waals surface area contributed by atoms with Crippen molar-refractivity contribution in [3.8, 4) is 5.75 Å². The lowest BCUT2D eigenvalue weighted by Crippen LogP contribution is -2.52. The molecule has 1 atom stereocenters. The van der Waals surface area contributed by atoms with Crippen LogP contribution < -0.4 is 4.74 Å². The third-order valence-corrected chi connectivity index (χ3v) is 5.61. The van der Waals surface area contributed by atoms with E-state index in [1.54, 1.807) is 0 Å². The summed E-state index contributed by atoms with van der Waals surface area (Å²) in [5.74, 6) is 1.43. The largest absolute Gasteiger partial charge is 0.491 e. The number of β-amino-alcohol motifs (C(OH)–C–C–N with tert-alkyl or cyclic N) is 1. The standard InChI is InChI=1S/C21H32N2O3/c1-2-17-6-5-9-20(14-17)26-16-19(24)15-22-10-12-23(13-11-22)21(25)18-7-3-4-8-18/h5-6,9,14,18-19,24H,2-4,7-8,10-13,15-16H2,1H3. The molecule has 2 aliphatic rings. The van der Waals surface area contributed by atoms with Crippen molar-refractivity contribution in [3.05, 3.63) is 29.8 Å². The molecule has 0 aromatic heterocycles. The number of rotatable bonds is 7. The number of carbonyl (C=O) groups is 1. The van der Waals surface area contributed by atoms with Crippen molar-refractivity contribution < 1.29 is 14.6 Å². The molecule has 3 rings (SSSR count). The van der Waals surface area contributed by atoms with Crippen molar-refractivity contribution in [3.63, 3.8) is 0 Å². The third-order valence-electron chi connectivity index (χ3n) is 5.61. The lowest BCUT2D eigenvalue weighted by molar-refractivity contribution is -0.137. The van der Waals surface area contributed by atoms with E-state index in [0.29, 0.717) is 19.1 Å². The highest BCUT2D eigenvalue weighted by atomic mass is 16.5. The zero-order chi connectivity index (χ0) is 18.4. The number of aryl methyl sites for hydroxylation is 1. The molecule has 1 heterocycles. The molecule has 2 fully saturated rings. The Morgan fingerprint density at radius 3 is 2.65 bits per heavy atom. The van der Waals surface area contributed by atoms with Gasteiger partial charge in [0.05, 0.1) is 0 Å².